The molecule has 1 heterocycles. The Morgan fingerprint density at radius 1 is 1.05 bits per heavy atom. The monoisotopic (exact) mass is 352 g/mol. The molecule has 3 aromatic rings. The predicted octanol–water partition coefficient (Wildman–Crippen LogP) is 4.34. The normalized spacial score (nSPS) is 11.5. The van der Waals surface area contributed by atoms with Crippen LogP contribution in [0.1, 0.15) is 0 Å². The average molecular weight is 353 g/mol. The summed E-state index contributed by atoms with van der Waals surface area (Å²) in [5.74, 6) is 0. The number of hydrogen-bond donors (Lipinski definition) is 1. The Balaban J connectivity index is 2.11. The molecular weight excluding hydrogens is 343 g/mol. The van der Waals surface area contributed by atoms with E-state index in [9.17, 15) is 8.42 Å². The van der Waals surface area contributed by atoms with Crippen LogP contribution in [0.3, 0.4) is 0 Å². The lowest BCUT2D eigenvalue weighted by Gasteiger charge is -2.11. The zero-order valence-corrected chi connectivity index (χ0v) is 13.5. The van der Waals surface area contributed by atoms with Crippen LogP contribution in [-0.4, -0.2) is 13.4 Å². The van der Waals surface area contributed by atoms with Crippen molar-refractivity contribution in [2.45, 2.75) is 4.90 Å². The van der Waals surface area contributed by atoms with Crippen LogP contribution < -0.4 is 4.72 Å². The van der Waals surface area contributed by atoms with E-state index in [1.165, 1.54) is 18.2 Å². The van der Waals surface area contributed by atoms with Gasteiger partial charge < -0.3 is 0 Å². The first-order chi connectivity index (χ1) is 10.5. The highest BCUT2D eigenvalue weighted by Crippen LogP contribution is 2.29. The number of halogens is 2. The van der Waals surface area contributed by atoms with E-state index in [0.29, 0.717) is 10.4 Å². The number of sulfonamides is 1. The summed E-state index contributed by atoms with van der Waals surface area (Å²) in [4.78, 5) is 4.15. The zero-order valence-electron chi connectivity index (χ0n) is 11.1. The maximum Gasteiger partial charge on any atom is 0.262 e. The van der Waals surface area contributed by atoms with Crippen LogP contribution in [0.4, 0.5) is 5.69 Å². The Bertz CT molecular complexity index is 953. The highest BCUT2D eigenvalue weighted by atomic mass is 35.5. The summed E-state index contributed by atoms with van der Waals surface area (Å²) in [5, 5.41) is 1.99. The molecule has 0 saturated carbocycles. The summed E-state index contributed by atoms with van der Waals surface area (Å²) in [6.07, 6.45) is 3.16. The molecule has 0 aliphatic heterocycles. The number of aromatic nitrogens is 1. The second-order valence-electron chi connectivity index (χ2n) is 4.58. The molecule has 0 amide bonds. The molecule has 22 heavy (non-hydrogen) atoms. The summed E-state index contributed by atoms with van der Waals surface area (Å²) >= 11 is 11.9. The van der Waals surface area contributed by atoms with Gasteiger partial charge in [0.25, 0.3) is 10.0 Å². The van der Waals surface area contributed by atoms with E-state index in [4.69, 9.17) is 23.2 Å². The summed E-state index contributed by atoms with van der Waals surface area (Å²) in [6, 6.07) is 11.2. The van der Waals surface area contributed by atoms with Gasteiger partial charge in [0.15, 0.2) is 0 Å². The van der Waals surface area contributed by atoms with Crippen molar-refractivity contribution < 1.29 is 8.42 Å². The number of benzene rings is 2. The molecule has 1 aromatic heterocycles. The summed E-state index contributed by atoms with van der Waals surface area (Å²) in [6.45, 7) is 0. The minimum atomic E-state index is -3.80. The van der Waals surface area contributed by atoms with E-state index < -0.39 is 10.0 Å². The van der Waals surface area contributed by atoms with Gasteiger partial charge in [-0.1, -0.05) is 35.3 Å². The molecule has 0 bridgehead atoms. The van der Waals surface area contributed by atoms with Crippen LogP contribution >= 0.6 is 23.2 Å². The van der Waals surface area contributed by atoms with Gasteiger partial charge in [0.1, 0.15) is 0 Å². The molecule has 0 aliphatic carbocycles. The Hall–Kier alpha value is -1.82. The van der Waals surface area contributed by atoms with Gasteiger partial charge in [-0.2, -0.15) is 0 Å². The topological polar surface area (TPSA) is 59.1 Å². The second kappa shape index (κ2) is 5.76. The Morgan fingerprint density at radius 3 is 2.68 bits per heavy atom. The highest BCUT2D eigenvalue weighted by Gasteiger charge is 2.18. The first-order valence-electron chi connectivity index (χ1n) is 6.28. The summed E-state index contributed by atoms with van der Waals surface area (Å²) < 4.78 is 27.8. The van der Waals surface area contributed by atoms with Crippen LogP contribution in [0.15, 0.2) is 59.8 Å². The molecular formula is C15H10Cl2N2O2S. The fourth-order valence-electron chi connectivity index (χ4n) is 2.10. The van der Waals surface area contributed by atoms with E-state index in [-0.39, 0.29) is 15.6 Å². The summed E-state index contributed by atoms with van der Waals surface area (Å²) in [5.41, 5.74) is 0.236. The van der Waals surface area contributed by atoms with Crippen molar-refractivity contribution in [2.24, 2.45) is 0 Å². The van der Waals surface area contributed by atoms with Crippen LogP contribution in [0, 0.1) is 0 Å². The van der Waals surface area contributed by atoms with Gasteiger partial charge in [-0.15, -0.1) is 0 Å². The maximum absolute atomic E-state index is 12.6. The van der Waals surface area contributed by atoms with E-state index in [1.54, 1.807) is 36.7 Å². The molecule has 0 saturated heterocycles. The van der Waals surface area contributed by atoms with Crippen molar-refractivity contribution in [1.29, 1.82) is 0 Å². The zero-order chi connectivity index (χ0) is 15.7. The molecule has 0 atom stereocenters. The molecule has 0 unspecified atom stereocenters. The fourth-order valence-corrected chi connectivity index (χ4v) is 3.80. The smallest absolute Gasteiger partial charge is 0.262 e. The van der Waals surface area contributed by atoms with Crippen molar-refractivity contribution >= 4 is 49.7 Å². The number of fused-ring (bicyclic) bond motifs is 1. The van der Waals surface area contributed by atoms with Crippen molar-refractivity contribution in [3.05, 3.63) is 64.9 Å². The van der Waals surface area contributed by atoms with Crippen LogP contribution in [0.25, 0.3) is 10.8 Å². The van der Waals surface area contributed by atoms with Crippen LogP contribution in [0.2, 0.25) is 10.0 Å². The van der Waals surface area contributed by atoms with Crippen LogP contribution in [-0.2, 0) is 10.0 Å². The Morgan fingerprint density at radius 2 is 1.86 bits per heavy atom. The SMILES string of the molecule is O=S(=O)(Nc1cc(Cl)ccc1Cl)c1cccc2cnccc12. The molecule has 112 valence electrons. The Kier molecular flexibility index (Phi) is 3.95. The Labute approximate surface area is 137 Å². The van der Waals surface area contributed by atoms with Crippen LogP contribution in [0.5, 0.6) is 0 Å². The third kappa shape index (κ3) is 2.88. The molecule has 0 fully saturated rings. The van der Waals surface area contributed by atoms with Gasteiger partial charge in [0, 0.05) is 28.2 Å². The number of pyridine rings is 1. The molecule has 2 aromatic carbocycles. The van der Waals surface area contributed by atoms with E-state index in [0.717, 1.165) is 5.39 Å². The number of anilines is 1. The third-order valence-electron chi connectivity index (χ3n) is 3.10. The highest BCUT2D eigenvalue weighted by molar-refractivity contribution is 7.93. The standard InChI is InChI=1S/C15H10Cl2N2O2S/c16-11-4-5-13(17)14(8-11)19-22(20,21)15-3-1-2-10-9-18-7-6-12(10)15/h1-9,19H. The quantitative estimate of drug-likeness (QED) is 0.762. The van der Waals surface area contributed by atoms with Gasteiger partial charge in [-0.25, -0.2) is 8.42 Å². The minimum Gasteiger partial charge on any atom is -0.278 e. The number of rotatable bonds is 3. The minimum absolute atomic E-state index is 0.156. The average Bonchev–Trinajstić information content (AvgIpc) is 2.50. The fraction of sp³-hybridized carbons (Fsp3) is 0. The summed E-state index contributed by atoms with van der Waals surface area (Å²) in [7, 11) is -3.80. The van der Waals surface area contributed by atoms with E-state index in [1.807, 2.05) is 0 Å². The molecule has 0 aliphatic rings. The lowest BCUT2D eigenvalue weighted by Crippen LogP contribution is -2.13. The first-order valence-corrected chi connectivity index (χ1v) is 8.52. The molecule has 4 nitrogen and oxygen atoms in total. The largest absolute Gasteiger partial charge is 0.278 e. The molecule has 7 heteroatoms. The molecule has 0 spiro atoms. The molecule has 3 rings (SSSR count). The van der Waals surface area contributed by atoms with E-state index in [2.05, 4.69) is 9.71 Å². The number of hydrogen-bond acceptors (Lipinski definition) is 3. The number of nitrogens with zero attached hydrogens (tertiary/aromatic N) is 1. The van der Waals surface area contributed by atoms with Crippen molar-refractivity contribution in [2.75, 3.05) is 4.72 Å². The van der Waals surface area contributed by atoms with Gasteiger partial charge in [-0.05, 0) is 30.3 Å². The third-order valence-corrected chi connectivity index (χ3v) is 5.09. The predicted molar refractivity (Wildman–Crippen MR) is 89.0 cm³/mol. The first kappa shape index (κ1) is 15.1. The maximum atomic E-state index is 12.6. The second-order valence-corrected chi connectivity index (χ2v) is 7.08. The van der Waals surface area contributed by atoms with Crippen molar-refractivity contribution in [3.8, 4) is 0 Å². The van der Waals surface area contributed by atoms with Gasteiger partial charge in [-0.3, -0.25) is 9.71 Å². The molecule has 0 radical (unpaired) electrons. The van der Waals surface area contributed by atoms with Gasteiger partial charge in [0.2, 0.25) is 0 Å². The van der Waals surface area contributed by atoms with Gasteiger partial charge >= 0.3 is 0 Å². The van der Waals surface area contributed by atoms with Crippen molar-refractivity contribution in [1.82, 2.24) is 4.98 Å². The lowest BCUT2D eigenvalue weighted by atomic mass is 10.2. The lowest BCUT2D eigenvalue weighted by molar-refractivity contribution is 0.602. The van der Waals surface area contributed by atoms with Crippen molar-refractivity contribution in [3.63, 3.8) is 0 Å². The molecule has 1 N–H and O–H groups in total. The van der Waals surface area contributed by atoms with Gasteiger partial charge in [0.05, 0.1) is 15.6 Å². The number of nitrogens with one attached hydrogen (secondary N) is 1. The van der Waals surface area contributed by atoms with E-state index >= 15 is 0 Å².